The molecule has 1 heteroatoms. The van der Waals surface area contributed by atoms with E-state index in [0.29, 0.717) is 0 Å². The number of hydrogen-bond donors (Lipinski definition) is 0. The van der Waals surface area contributed by atoms with E-state index in [1.807, 2.05) is 6.20 Å². The Balaban J connectivity index is 2.23. The van der Waals surface area contributed by atoms with Crippen molar-refractivity contribution in [3.63, 3.8) is 0 Å². The van der Waals surface area contributed by atoms with Gasteiger partial charge in [0.15, 0.2) is 0 Å². The number of aromatic nitrogens is 1. The standard InChI is InChI=1S/C10H11N/c1-2-8-5-7(1)9-3-4-11-6-10(8)9/h3-4,6-8H,1-2,5H2/t7-,8-/m1/s1. The third-order valence-electron chi connectivity index (χ3n) is 3.20. The zero-order valence-corrected chi connectivity index (χ0v) is 6.46. The lowest BCUT2D eigenvalue weighted by Gasteiger charge is -2.12. The normalized spacial score (nSPS) is 32.4. The molecule has 2 aliphatic rings. The molecule has 0 unspecified atom stereocenters. The van der Waals surface area contributed by atoms with Gasteiger partial charge in [0.05, 0.1) is 0 Å². The maximum Gasteiger partial charge on any atom is 0.0305 e. The van der Waals surface area contributed by atoms with Crippen molar-refractivity contribution < 1.29 is 0 Å². The molecule has 1 heterocycles. The van der Waals surface area contributed by atoms with Gasteiger partial charge in [0.1, 0.15) is 0 Å². The fourth-order valence-corrected chi connectivity index (χ4v) is 2.68. The van der Waals surface area contributed by atoms with Crippen molar-refractivity contribution in [2.45, 2.75) is 31.1 Å². The van der Waals surface area contributed by atoms with Gasteiger partial charge in [0.25, 0.3) is 0 Å². The first kappa shape index (κ1) is 5.76. The molecule has 2 bridgehead atoms. The number of pyridine rings is 1. The average Bonchev–Trinajstić information content (AvgIpc) is 2.64. The predicted octanol–water partition coefficient (Wildman–Crippen LogP) is 2.45. The van der Waals surface area contributed by atoms with Crippen LogP contribution in [-0.2, 0) is 0 Å². The molecule has 1 saturated carbocycles. The summed E-state index contributed by atoms with van der Waals surface area (Å²) in [5.74, 6) is 1.75. The largest absolute Gasteiger partial charge is 0.264 e. The lowest BCUT2D eigenvalue weighted by atomic mass is 9.94. The van der Waals surface area contributed by atoms with Gasteiger partial charge in [-0.15, -0.1) is 0 Å². The summed E-state index contributed by atoms with van der Waals surface area (Å²) in [5.41, 5.74) is 3.14. The van der Waals surface area contributed by atoms with E-state index in [-0.39, 0.29) is 0 Å². The van der Waals surface area contributed by atoms with Crippen LogP contribution in [-0.4, -0.2) is 4.98 Å². The Morgan fingerprint density at radius 3 is 2.82 bits per heavy atom. The maximum absolute atomic E-state index is 4.18. The molecule has 2 aliphatic carbocycles. The van der Waals surface area contributed by atoms with E-state index in [4.69, 9.17) is 0 Å². The van der Waals surface area contributed by atoms with Gasteiger partial charge < -0.3 is 0 Å². The molecule has 0 radical (unpaired) electrons. The van der Waals surface area contributed by atoms with E-state index < -0.39 is 0 Å². The molecule has 1 aromatic heterocycles. The second kappa shape index (κ2) is 1.84. The van der Waals surface area contributed by atoms with E-state index >= 15 is 0 Å². The van der Waals surface area contributed by atoms with Crippen LogP contribution in [0.5, 0.6) is 0 Å². The summed E-state index contributed by atoms with van der Waals surface area (Å²) in [6.45, 7) is 0. The molecule has 0 N–H and O–H groups in total. The highest BCUT2D eigenvalue weighted by atomic mass is 14.6. The maximum atomic E-state index is 4.18. The summed E-state index contributed by atoms with van der Waals surface area (Å²) >= 11 is 0. The highest BCUT2D eigenvalue weighted by molar-refractivity contribution is 5.38. The van der Waals surface area contributed by atoms with Gasteiger partial charge in [-0.3, -0.25) is 4.98 Å². The van der Waals surface area contributed by atoms with Crippen LogP contribution in [0.4, 0.5) is 0 Å². The third-order valence-corrected chi connectivity index (χ3v) is 3.20. The Morgan fingerprint density at radius 2 is 2.00 bits per heavy atom. The van der Waals surface area contributed by atoms with Crippen molar-refractivity contribution >= 4 is 0 Å². The number of hydrogen-bond acceptors (Lipinski definition) is 1. The van der Waals surface area contributed by atoms with Gasteiger partial charge in [-0.1, -0.05) is 0 Å². The lowest BCUT2D eigenvalue weighted by molar-refractivity contribution is 0.713. The first-order valence-corrected chi connectivity index (χ1v) is 4.39. The summed E-state index contributed by atoms with van der Waals surface area (Å²) in [6.07, 6.45) is 8.23. The van der Waals surface area contributed by atoms with Crippen LogP contribution in [0, 0.1) is 0 Å². The predicted molar refractivity (Wildman–Crippen MR) is 43.6 cm³/mol. The highest BCUT2D eigenvalue weighted by Gasteiger charge is 2.36. The summed E-state index contributed by atoms with van der Waals surface area (Å²) in [6, 6.07) is 2.21. The smallest absolute Gasteiger partial charge is 0.0305 e. The minimum atomic E-state index is 0.865. The van der Waals surface area contributed by atoms with Gasteiger partial charge in [-0.05, 0) is 48.3 Å². The molecule has 0 saturated heterocycles. The Morgan fingerprint density at radius 1 is 1.18 bits per heavy atom. The van der Waals surface area contributed by atoms with Gasteiger partial charge in [0.2, 0.25) is 0 Å². The first-order chi connectivity index (χ1) is 5.45. The van der Waals surface area contributed by atoms with E-state index in [0.717, 1.165) is 11.8 Å². The van der Waals surface area contributed by atoms with Crippen LogP contribution in [0.3, 0.4) is 0 Å². The third kappa shape index (κ3) is 0.635. The zero-order valence-electron chi connectivity index (χ0n) is 6.46. The number of rotatable bonds is 0. The van der Waals surface area contributed by atoms with E-state index in [1.54, 1.807) is 11.1 Å². The summed E-state index contributed by atoms with van der Waals surface area (Å²) in [4.78, 5) is 4.18. The molecule has 1 nitrogen and oxygen atoms in total. The average molecular weight is 145 g/mol. The molecule has 56 valence electrons. The van der Waals surface area contributed by atoms with Crippen LogP contribution in [0.2, 0.25) is 0 Å². The first-order valence-electron chi connectivity index (χ1n) is 4.39. The van der Waals surface area contributed by atoms with Crippen molar-refractivity contribution in [1.29, 1.82) is 0 Å². The van der Waals surface area contributed by atoms with Crippen LogP contribution in [0.1, 0.15) is 42.2 Å². The minimum absolute atomic E-state index is 0.865. The molecule has 0 aromatic carbocycles. The Labute approximate surface area is 66.5 Å². The van der Waals surface area contributed by atoms with Crippen molar-refractivity contribution in [1.82, 2.24) is 4.98 Å². The van der Waals surface area contributed by atoms with Crippen LogP contribution >= 0.6 is 0 Å². The number of nitrogens with zero attached hydrogens (tertiary/aromatic N) is 1. The van der Waals surface area contributed by atoms with E-state index in [9.17, 15) is 0 Å². The van der Waals surface area contributed by atoms with Gasteiger partial charge >= 0.3 is 0 Å². The van der Waals surface area contributed by atoms with E-state index in [2.05, 4.69) is 17.2 Å². The molecule has 0 amide bonds. The van der Waals surface area contributed by atoms with Gasteiger partial charge in [-0.2, -0.15) is 0 Å². The second-order valence-electron chi connectivity index (χ2n) is 3.71. The molecule has 1 fully saturated rings. The molecule has 0 spiro atoms. The Hall–Kier alpha value is -0.850. The summed E-state index contributed by atoms with van der Waals surface area (Å²) in [7, 11) is 0. The Kier molecular flexibility index (Phi) is 0.965. The van der Waals surface area contributed by atoms with Crippen LogP contribution in [0.15, 0.2) is 18.5 Å². The minimum Gasteiger partial charge on any atom is -0.264 e. The van der Waals surface area contributed by atoms with Crippen LogP contribution < -0.4 is 0 Å². The molecule has 2 atom stereocenters. The number of fused-ring (bicyclic) bond motifs is 5. The molecule has 0 aliphatic heterocycles. The van der Waals surface area contributed by atoms with E-state index in [1.165, 1.54) is 19.3 Å². The summed E-state index contributed by atoms with van der Waals surface area (Å²) < 4.78 is 0. The summed E-state index contributed by atoms with van der Waals surface area (Å²) in [5, 5.41) is 0. The monoisotopic (exact) mass is 145 g/mol. The molecule has 1 aromatic rings. The van der Waals surface area contributed by atoms with Crippen molar-refractivity contribution in [2.75, 3.05) is 0 Å². The topological polar surface area (TPSA) is 12.9 Å². The van der Waals surface area contributed by atoms with Crippen molar-refractivity contribution in [2.24, 2.45) is 0 Å². The van der Waals surface area contributed by atoms with Crippen molar-refractivity contribution in [3.8, 4) is 0 Å². The highest BCUT2D eigenvalue weighted by Crippen LogP contribution is 2.52. The fraction of sp³-hybridized carbons (Fsp3) is 0.500. The Bertz CT molecular complexity index is 264. The lowest BCUT2D eigenvalue weighted by Crippen LogP contribution is -1.97. The van der Waals surface area contributed by atoms with Gasteiger partial charge in [0, 0.05) is 12.4 Å². The SMILES string of the molecule is c1cc2c(cn1)[C@@H]1CC[C@@H]2C1. The van der Waals surface area contributed by atoms with Crippen LogP contribution in [0.25, 0.3) is 0 Å². The second-order valence-corrected chi connectivity index (χ2v) is 3.71. The van der Waals surface area contributed by atoms with Gasteiger partial charge in [-0.25, -0.2) is 0 Å². The quantitative estimate of drug-likeness (QED) is 0.546. The molecular weight excluding hydrogens is 134 g/mol. The molecular formula is C10H11N. The zero-order chi connectivity index (χ0) is 7.26. The fourth-order valence-electron chi connectivity index (χ4n) is 2.68. The molecule has 11 heavy (non-hydrogen) atoms. The molecule has 3 rings (SSSR count). The van der Waals surface area contributed by atoms with Crippen molar-refractivity contribution in [3.05, 3.63) is 29.6 Å².